The Morgan fingerprint density at radius 2 is 2.06 bits per heavy atom. The van der Waals surface area contributed by atoms with Crippen LogP contribution in [0.5, 0.6) is 0 Å². The van der Waals surface area contributed by atoms with Crippen LogP contribution in [0.1, 0.15) is 16.1 Å². The number of rotatable bonds is 2. The Morgan fingerprint density at radius 3 is 2.75 bits per heavy atom. The molecule has 1 aromatic carbocycles. The van der Waals surface area contributed by atoms with Gasteiger partial charge in [-0.1, -0.05) is 29.8 Å². The summed E-state index contributed by atoms with van der Waals surface area (Å²) in [6, 6.07) is 9.91. The molecule has 0 aliphatic heterocycles. The van der Waals surface area contributed by atoms with Crippen molar-refractivity contribution in [3.05, 3.63) is 47.8 Å². The highest BCUT2D eigenvalue weighted by molar-refractivity contribution is 5.89. The number of carbonyl (C=O) groups excluding carboxylic acids is 1. The summed E-state index contributed by atoms with van der Waals surface area (Å²) in [5.74, 6) is -0.348. The van der Waals surface area contributed by atoms with Gasteiger partial charge in [-0.2, -0.15) is 0 Å². The maximum atomic E-state index is 11.3. The molecule has 0 saturated carbocycles. The Kier molecular flexibility index (Phi) is 2.77. The maximum Gasteiger partial charge on any atom is 0.354 e. The Bertz CT molecular complexity index is 514. The van der Waals surface area contributed by atoms with Crippen molar-refractivity contribution in [1.29, 1.82) is 0 Å². The van der Waals surface area contributed by atoms with E-state index in [2.05, 4.69) is 15.8 Å². The molecule has 0 atom stereocenters. The van der Waals surface area contributed by atoms with E-state index in [1.54, 1.807) is 12.3 Å². The number of aromatic amines is 1. The van der Waals surface area contributed by atoms with Crippen molar-refractivity contribution < 1.29 is 9.53 Å². The minimum absolute atomic E-state index is 0.348. The van der Waals surface area contributed by atoms with Crippen LogP contribution in [-0.2, 0) is 4.74 Å². The third-order valence-corrected chi connectivity index (χ3v) is 2.44. The lowest BCUT2D eigenvalue weighted by molar-refractivity contribution is 0.0595. The van der Waals surface area contributed by atoms with Crippen molar-refractivity contribution in [2.45, 2.75) is 6.92 Å². The average Bonchev–Trinajstić information content (AvgIpc) is 2.77. The largest absolute Gasteiger partial charge is 0.464 e. The zero-order valence-electron chi connectivity index (χ0n) is 9.28. The molecule has 0 radical (unpaired) electrons. The first-order chi connectivity index (χ1) is 7.70. The molecule has 82 valence electrons. The van der Waals surface area contributed by atoms with Gasteiger partial charge in [-0.15, -0.1) is 0 Å². The standard InChI is InChI=1S/C13H13NO2/c1-9-4-3-5-10(6-9)11-7-12(14-8-11)13(15)16-2/h3-8,14H,1-2H3. The smallest absolute Gasteiger partial charge is 0.354 e. The van der Waals surface area contributed by atoms with Crippen molar-refractivity contribution in [2.24, 2.45) is 0 Å². The van der Waals surface area contributed by atoms with E-state index in [4.69, 9.17) is 0 Å². The number of ether oxygens (including phenoxy) is 1. The highest BCUT2D eigenvalue weighted by Crippen LogP contribution is 2.21. The Labute approximate surface area is 94.1 Å². The molecule has 0 aliphatic carbocycles. The lowest BCUT2D eigenvalue weighted by Gasteiger charge is -1.98. The van der Waals surface area contributed by atoms with Gasteiger partial charge in [0.25, 0.3) is 0 Å². The lowest BCUT2D eigenvalue weighted by Crippen LogP contribution is -2.00. The molecule has 1 aromatic heterocycles. The van der Waals surface area contributed by atoms with Gasteiger partial charge in [-0.25, -0.2) is 4.79 Å². The Balaban J connectivity index is 2.35. The Hall–Kier alpha value is -2.03. The molecule has 3 nitrogen and oxygen atoms in total. The number of hydrogen-bond acceptors (Lipinski definition) is 2. The number of hydrogen-bond donors (Lipinski definition) is 1. The van der Waals surface area contributed by atoms with Crippen LogP contribution >= 0.6 is 0 Å². The van der Waals surface area contributed by atoms with Crippen molar-refractivity contribution in [3.63, 3.8) is 0 Å². The third-order valence-electron chi connectivity index (χ3n) is 2.44. The second-order valence-corrected chi connectivity index (χ2v) is 3.66. The second-order valence-electron chi connectivity index (χ2n) is 3.66. The molecule has 0 bridgehead atoms. The first kappa shape index (κ1) is 10.5. The van der Waals surface area contributed by atoms with Crippen LogP contribution in [0.2, 0.25) is 0 Å². The molecule has 0 saturated heterocycles. The topological polar surface area (TPSA) is 42.1 Å². The fraction of sp³-hybridized carbons (Fsp3) is 0.154. The van der Waals surface area contributed by atoms with Crippen molar-refractivity contribution >= 4 is 5.97 Å². The molecular weight excluding hydrogens is 202 g/mol. The molecule has 0 aliphatic rings. The molecule has 1 N–H and O–H groups in total. The van der Waals surface area contributed by atoms with Crippen LogP contribution in [-0.4, -0.2) is 18.1 Å². The minimum atomic E-state index is -0.348. The second kappa shape index (κ2) is 4.23. The first-order valence-electron chi connectivity index (χ1n) is 5.04. The monoisotopic (exact) mass is 215 g/mol. The van der Waals surface area contributed by atoms with E-state index in [9.17, 15) is 4.79 Å². The minimum Gasteiger partial charge on any atom is -0.464 e. The van der Waals surface area contributed by atoms with Gasteiger partial charge in [0.1, 0.15) is 5.69 Å². The van der Waals surface area contributed by atoms with Crippen molar-refractivity contribution in [3.8, 4) is 11.1 Å². The summed E-state index contributed by atoms with van der Waals surface area (Å²) >= 11 is 0. The summed E-state index contributed by atoms with van der Waals surface area (Å²) in [7, 11) is 1.37. The molecular formula is C13H13NO2. The summed E-state index contributed by atoms with van der Waals surface area (Å²) in [4.78, 5) is 14.2. The Morgan fingerprint density at radius 1 is 1.25 bits per heavy atom. The highest BCUT2D eigenvalue weighted by atomic mass is 16.5. The van der Waals surface area contributed by atoms with Crippen LogP contribution in [0, 0.1) is 6.92 Å². The number of aromatic nitrogens is 1. The normalized spacial score (nSPS) is 10.1. The van der Waals surface area contributed by atoms with E-state index in [0.29, 0.717) is 5.69 Å². The van der Waals surface area contributed by atoms with Gasteiger partial charge in [0.05, 0.1) is 7.11 Å². The molecule has 3 heteroatoms. The van der Waals surface area contributed by atoms with Crippen LogP contribution in [0.15, 0.2) is 36.5 Å². The summed E-state index contributed by atoms with van der Waals surface area (Å²) in [5, 5.41) is 0. The number of aryl methyl sites for hydroxylation is 1. The SMILES string of the molecule is COC(=O)c1cc(-c2cccc(C)c2)c[nH]1. The predicted molar refractivity (Wildman–Crippen MR) is 62.3 cm³/mol. The van der Waals surface area contributed by atoms with Gasteiger partial charge in [-0.3, -0.25) is 0 Å². The fourth-order valence-electron chi connectivity index (χ4n) is 1.61. The maximum absolute atomic E-state index is 11.3. The van der Waals surface area contributed by atoms with E-state index >= 15 is 0 Å². The number of benzene rings is 1. The van der Waals surface area contributed by atoms with Crippen LogP contribution < -0.4 is 0 Å². The lowest BCUT2D eigenvalue weighted by atomic mass is 10.1. The molecule has 0 fully saturated rings. The summed E-state index contributed by atoms with van der Waals surface area (Å²) < 4.78 is 4.64. The van der Waals surface area contributed by atoms with Crippen LogP contribution in [0.25, 0.3) is 11.1 Å². The molecule has 0 spiro atoms. The van der Waals surface area contributed by atoms with E-state index in [1.165, 1.54) is 12.7 Å². The van der Waals surface area contributed by atoms with Crippen molar-refractivity contribution in [1.82, 2.24) is 4.98 Å². The number of esters is 1. The quantitative estimate of drug-likeness (QED) is 0.783. The van der Waals surface area contributed by atoms with Crippen LogP contribution in [0.4, 0.5) is 0 Å². The molecule has 16 heavy (non-hydrogen) atoms. The van der Waals surface area contributed by atoms with Crippen LogP contribution in [0.3, 0.4) is 0 Å². The third kappa shape index (κ3) is 1.98. The predicted octanol–water partition coefficient (Wildman–Crippen LogP) is 2.78. The molecule has 0 amide bonds. The molecule has 1 heterocycles. The van der Waals surface area contributed by atoms with Crippen molar-refractivity contribution in [2.75, 3.05) is 7.11 Å². The summed E-state index contributed by atoms with van der Waals surface area (Å²) in [5.41, 5.74) is 3.74. The number of methoxy groups -OCH3 is 1. The van der Waals surface area contributed by atoms with E-state index in [-0.39, 0.29) is 5.97 Å². The van der Waals surface area contributed by atoms with Gasteiger partial charge in [0.2, 0.25) is 0 Å². The number of H-pyrrole nitrogens is 1. The number of nitrogens with one attached hydrogen (secondary N) is 1. The fourth-order valence-corrected chi connectivity index (χ4v) is 1.61. The number of carbonyl (C=O) groups is 1. The highest BCUT2D eigenvalue weighted by Gasteiger charge is 2.08. The van der Waals surface area contributed by atoms with E-state index < -0.39 is 0 Å². The zero-order valence-corrected chi connectivity index (χ0v) is 9.28. The average molecular weight is 215 g/mol. The van der Waals surface area contributed by atoms with E-state index in [1.807, 2.05) is 25.1 Å². The summed E-state index contributed by atoms with van der Waals surface area (Å²) in [6.07, 6.45) is 1.81. The summed E-state index contributed by atoms with van der Waals surface area (Å²) in [6.45, 7) is 2.04. The van der Waals surface area contributed by atoms with Gasteiger partial charge in [0, 0.05) is 11.8 Å². The molecule has 2 aromatic rings. The van der Waals surface area contributed by atoms with Gasteiger partial charge >= 0.3 is 5.97 Å². The van der Waals surface area contributed by atoms with E-state index in [0.717, 1.165) is 11.1 Å². The van der Waals surface area contributed by atoms with Gasteiger partial charge in [0.15, 0.2) is 0 Å². The molecule has 0 unspecified atom stereocenters. The molecule has 2 rings (SSSR count). The van der Waals surface area contributed by atoms with Gasteiger partial charge < -0.3 is 9.72 Å². The first-order valence-corrected chi connectivity index (χ1v) is 5.04. The zero-order chi connectivity index (χ0) is 11.5. The van der Waals surface area contributed by atoms with Gasteiger partial charge in [-0.05, 0) is 18.6 Å².